The molecule has 0 aromatic carbocycles. The van der Waals surface area contributed by atoms with E-state index in [4.69, 9.17) is 9.47 Å². The van der Waals surface area contributed by atoms with Crippen LogP contribution in [0.5, 0.6) is 0 Å². The van der Waals surface area contributed by atoms with Crippen molar-refractivity contribution in [1.29, 1.82) is 0 Å². The highest BCUT2D eigenvalue weighted by Gasteiger charge is 2.21. The molecule has 0 fully saturated rings. The van der Waals surface area contributed by atoms with E-state index in [2.05, 4.69) is 20.8 Å². The minimum Gasteiger partial charge on any atom is -0.384 e. The van der Waals surface area contributed by atoms with Crippen molar-refractivity contribution in [1.82, 2.24) is 0 Å². The molecule has 0 rings (SSSR count). The summed E-state index contributed by atoms with van der Waals surface area (Å²) in [7, 11) is 3.52. The average molecular weight is 174 g/mol. The smallest absolute Gasteiger partial charge is 0.0644 e. The van der Waals surface area contributed by atoms with Crippen LogP contribution in [0.4, 0.5) is 0 Å². The van der Waals surface area contributed by atoms with Crippen LogP contribution in [0.15, 0.2) is 0 Å². The molecule has 2 nitrogen and oxygen atoms in total. The van der Waals surface area contributed by atoms with Crippen molar-refractivity contribution in [2.24, 2.45) is 11.8 Å². The predicted octanol–water partition coefficient (Wildman–Crippen LogP) is 2.33. The highest BCUT2D eigenvalue weighted by atomic mass is 16.5. The lowest BCUT2D eigenvalue weighted by Crippen LogP contribution is -2.30. The van der Waals surface area contributed by atoms with Gasteiger partial charge in [0.2, 0.25) is 0 Å². The summed E-state index contributed by atoms with van der Waals surface area (Å²) in [5, 5.41) is 0. The lowest BCUT2D eigenvalue weighted by atomic mass is 9.92. The van der Waals surface area contributed by atoms with E-state index in [1.807, 2.05) is 0 Å². The molecule has 0 amide bonds. The summed E-state index contributed by atoms with van der Waals surface area (Å²) in [6.07, 6.45) is 1.49. The Kier molecular flexibility index (Phi) is 6.39. The second-order valence-electron chi connectivity index (χ2n) is 3.52. The number of methoxy groups -OCH3 is 2. The molecule has 0 saturated carbocycles. The summed E-state index contributed by atoms with van der Waals surface area (Å²) < 4.78 is 10.5. The Morgan fingerprint density at radius 3 is 2.00 bits per heavy atom. The molecule has 12 heavy (non-hydrogen) atoms. The molecular weight excluding hydrogens is 152 g/mol. The van der Waals surface area contributed by atoms with Crippen LogP contribution in [0.3, 0.4) is 0 Å². The molecule has 3 atom stereocenters. The Bertz CT molecular complexity index is 104. The Hall–Kier alpha value is -0.0800. The van der Waals surface area contributed by atoms with Crippen molar-refractivity contribution in [3.05, 3.63) is 0 Å². The maximum Gasteiger partial charge on any atom is 0.0644 e. The third kappa shape index (κ3) is 3.55. The average Bonchev–Trinajstić information content (AvgIpc) is 2.06. The number of rotatable bonds is 6. The van der Waals surface area contributed by atoms with E-state index in [9.17, 15) is 0 Å². The molecule has 0 aliphatic heterocycles. The van der Waals surface area contributed by atoms with E-state index in [1.54, 1.807) is 14.2 Å². The molecule has 0 aromatic heterocycles. The summed E-state index contributed by atoms with van der Waals surface area (Å²) in [6.45, 7) is 7.36. The van der Waals surface area contributed by atoms with Gasteiger partial charge >= 0.3 is 0 Å². The zero-order valence-corrected chi connectivity index (χ0v) is 8.96. The van der Waals surface area contributed by atoms with E-state index in [1.165, 1.54) is 0 Å². The van der Waals surface area contributed by atoms with Crippen molar-refractivity contribution in [3.8, 4) is 0 Å². The highest BCUT2D eigenvalue weighted by molar-refractivity contribution is 4.70. The largest absolute Gasteiger partial charge is 0.384 e. The van der Waals surface area contributed by atoms with Gasteiger partial charge in [0.05, 0.1) is 12.7 Å². The molecular formula is C10H22O2. The molecule has 74 valence electrons. The number of ether oxygens (including phenoxy) is 2. The summed E-state index contributed by atoms with van der Waals surface area (Å²) in [6, 6.07) is 0. The molecule has 2 heteroatoms. The molecule has 0 heterocycles. The van der Waals surface area contributed by atoms with Gasteiger partial charge in [0.15, 0.2) is 0 Å². The molecule has 0 spiro atoms. The number of hydrogen-bond donors (Lipinski definition) is 0. The van der Waals surface area contributed by atoms with Gasteiger partial charge in [-0.1, -0.05) is 27.2 Å². The molecule has 0 N–H and O–H groups in total. The first-order valence-electron chi connectivity index (χ1n) is 4.69. The Labute approximate surface area is 76.3 Å². The van der Waals surface area contributed by atoms with Gasteiger partial charge in [-0.25, -0.2) is 0 Å². The van der Waals surface area contributed by atoms with Crippen LogP contribution in [-0.2, 0) is 9.47 Å². The van der Waals surface area contributed by atoms with Crippen LogP contribution in [0.25, 0.3) is 0 Å². The minimum atomic E-state index is 0.329. The van der Waals surface area contributed by atoms with Crippen molar-refractivity contribution in [2.75, 3.05) is 20.8 Å². The van der Waals surface area contributed by atoms with Gasteiger partial charge < -0.3 is 9.47 Å². The SMILES string of the molecule is CCC(C)C(OC)C(C)COC. The Balaban J connectivity index is 3.94. The second-order valence-corrected chi connectivity index (χ2v) is 3.52. The third-order valence-corrected chi connectivity index (χ3v) is 2.47. The lowest BCUT2D eigenvalue weighted by molar-refractivity contribution is -0.0111. The van der Waals surface area contributed by atoms with E-state index in [0.29, 0.717) is 17.9 Å². The first-order valence-corrected chi connectivity index (χ1v) is 4.69. The van der Waals surface area contributed by atoms with E-state index in [0.717, 1.165) is 13.0 Å². The summed E-state index contributed by atoms with van der Waals surface area (Å²) in [5.41, 5.74) is 0. The summed E-state index contributed by atoms with van der Waals surface area (Å²) >= 11 is 0. The standard InChI is InChI=1S/C10H22O2/c1-6-8(2)10(12-5)9(3)7-11-4/h8-10H,6-7H2,1-5H3. The van der Waals surface area contributed by atoms with Crippen LogP contribution < -0.4 is 0 Å². The minimum absolute atomic E-state index is 0.329. The third-order valence-electron chi connectivity index (χ3n) is 2.47. The molecule has 0 bridgehead atoms. The predicted molar refractivity (Wildman–Crippen MR) is 51.3 cm³/mol. The topological polar surface area (TPSA) is 18.5 Å². The normalized spacial score (nSPS) is 18.8. The van der Waals surface area contributed by atoms with Gasteiger partial charge in [0.1, 0.15) is 0 Å². The maximum atomic E-state index is 5.44. The van der Waals surface area contributed by atoms with Crippen molar-refractivity contribution < 1.29 is 9.47 Å². The van der Waals surface area contributed by atoms with Crippen molar-refractivity contribution >= 4 is 0 Å². The molecule has 3 unspecified atom stereocenters. The fourth-order valence-corrected chi connectivity index (χ4v) is 1.62. The Morgan fingerprint density at radius 1 is 1.08 bits per heavy atom. The zero-order valence-electron chi connectivity index (χ0n) is 8.96. The molecule has 0 radical (unpaired) electrons. The molecule has 0 aromatic rings. The summed E-state index contributed by atoms with van der Waals surface area (Å²) in [4.78, 5) is 0. The van der Waals surface area contributed by atoms with Crippen molar-refractivity contribution in [2.45, 2.75) is 33.3 Å². The molecule has 0 aliphatic carbocycles. The van der Waals surface area contributed by atoms with Gasteiger partial charge in [0.25, 0.3) is 0 Å². The monoisotopic (exact) mass is 174 g/mol. The fourth-order valence-electron chi connectivity index (χ4n) is 1.62. The van der Waals surface area contributed by atoms with E-state index >= 15 is 0 Å². The van der Waals surface area contributed by atoms with E-state index in [-0.39, 0.29) is 0 Å². The van der Waals surface area contributed by atoms with E-state index < -0.39 is 0 Å². The molecule has 0 aliphatic rings. The summed E-state index contributed by atoms with van der Waals surface area (Å²) in [5.74, 6) is 1.09. The van der Waals surface area contributed by atoms with Crippen molar-refractivity contribution in [3.63, 3.8) is 0 Å². The fraction of sp³-hybridized carbons (Fsp3) is 1.00. The van der Waals surface area contributed by atoms with Gasteiger partial charge in [-0.3, -0.25) is 0 Å². The second kappa shape index (κ2) is 6.44. The lowest BCUT2D eigenvalue weighted by Gasteiger charge is -2.27. The van der Waals surface area contributed by atoms with Gasteiger partial charge in [-0.2, -0.15) is 0 Å². The van der Waals surface area contributed by atoms with Crippen LogP contribution in [0.1, 0.15) is 27.2 Å². The molecule has 0 saturated heterocycles. The highest BCUT2D eigenvalue weighted by Crippen LogP contribution is 2.19. The van der Waals surface area contributed by atoms with Crippen LogP contribution in [-0.4, -0.2) is 26.9 Å². The van der Waals surface area contributed by atoms with Gasteiger partial charge in [-0.05, 0) is 5.92 Å². The van der Waals surface area contributed by atoms with Crippen LogP contribution >= 0.6 is 0 Å². The first kappa shape index (κ1) is 11.9. The zero-order chi connectivity index (χ0) is 9.56. The first-order chi connectivity index (χ1) is 5.67. The number of hydrogen-bond acceptors (Lipinski definition) is 2. The maximum absolute atomic E-state index is 5.44. The Morgan fingerprint density at radius 2 is 1.67 bits per heavy atom. The van der Waals surface area contributed by atoms with Crippen LogP contribution in [0.2, 0.25) is 0 Å². The van der Waals surface area contributed by atoms with Crippen LogP contribution in [0, 0.1) is 11.8 Å². The quantitative estimate of drug-likeness (QED) is 0.615. The van der Waals surface area contributed by atoms with Gasteiger partial charge in [-0.15, -0.1) is 0 Å². The van der Waals surface area contributed by atoms with Gasteiger partial charge in [0, 0.05) is 20.1 Å².